The third-order valence-corrected chi connectivity index (χ3v) is 3.31. The molecule has 4 unspecified atom stereocenters. The molecule has 0 aliphatic carbocycles. The average Bonchev–Trinajstić information content (AvgIpc) is 2.01. The Morgan fingerprint density at radius 1 is 1.17 bits per heavy atom. The van der Waals surface area contributed by atoms with Gasteiger partial charge in [-0.15, -0.1) is 0 Å². The van der Waals surface area contributed by atoms with Crippen LogP contribution in [0, 0.1) is 24.3 Å². The van der Waals surface area contributed by atoms with Crippen molar-refractivity contribution < 1.29 is 21.1 Å². The second-order valence-electron chi connectivity index (χ2n) is 3.93. The number of nitrogens with one attached hydrogen (secondary N) is 1. The van der Waals surface area contributed by atoms with Crippen LogP contribution in [0.4, 0.5) is 0 Å². The van der Waals surface area contributed by atoms with Crippen LogP contribution in [0.3, 0.4) is 0 Å². The standard InChI is InChI=1S/C10H20N.W/c1-5-10-9(4)8(3)7(2)6-11-10;/h6-11H,5H2,1-4H3;/q-1;. The van der Waals surface area contributed by atoms with E-state index in [2.05, 4.69) is 39.6 Å². The molecule has 0 aromatic heterocycles. The van der Waals surface area contributed by atoms with E-state index in [0.29, 0.717) is 6.04 Å². The molecule has 0 saturated carbocycles. The first-order valence-electron chi connectivity index (χ1n) is 4.76. The molecule has 4 atom stereocenters. The van der Waals surface area contributed by atoms with Gasteiger partial charge in [-0.05, 0) is 18.4 Å². The average molecular weight is 338 g/mol. The minimum Gasteiger partial charge on any atom is -0.467 e. The van der Waals surface area contributed by atoms with Gasteiger partial charge in [-0.25, -0.2) is 0 Å². The van der Waals surface area contributed by atoms with E-state index < -0.39 is 0 Å². The van der Waals surface area contributed by atoms with Crippen LogP contribution in [-0.2, 0) is 21.1 Å². The first kappa shape index (κ1) is 12.6. The SMILES string of the molecule is CCC1N[CH-]C(C)C(C)C1C.[W]. The molecule has 1 aliphatic rings. The molecular formula is C10H20NW-. The molecule has 1 fully saturated rings. The topological polar surface area (TPSA) is 12.0 Å². The normalized spacial score (nSPS) is 42.0. The van der Waals surface area contributed by atoms with E-state index in [1.807, 2.05) is 0 Å². The van der Waals surface area contributed by atoms with Gasteiger partial charge < -0.3 is 5.32 Å². The fourth-order valence-corrected chi connectivity index (χ4v) is 1.91. The molecule has 2 heteroatoms. The molecule has 12 heavy (non-hydrogen) atoms. The van der Waals surface area contributed by atoms with Crippen LogP contribution in [0.15, 0.2) is 0 Å². The van der Waals surface area contributed by atoms with Crippen molar-refractivity contribution in [2.45, 2.75) is 40.2 Å². The van der Waals surface area contributed by atoms with Gasteiger partial charge in [0, 0.05) is 21.1 Å². The smallest absolute Gasteiger partial charge is 0 e. The van der Waals surface area contributed by atoms with E-state index in [1.54, 1.807) is 0 Å². The zero-order valence-electron chi connectivity index (χ0n) is 8.50. The van der Waals surface area contributed by atoms with Crippen molar-refractivity contribution in [2.24, 2.45) is 17.8 Å². The van der Waals surface area contributed by atoms with Gasteiger partial charge in [0.2, 0.25) is 0 Å². The number of hydrogen-bond donors (Lipinski definition) is 1. The first-order valence-corrected chi connectivity index (χ1v) is 4.76. The van der Waals surface area contributed by atoms with Gasteiger partial charge in [-0.3, -0.25) is 6.54 Å². The maximum Gasteiger partial charge on any atom is 0 e. The van der Waals surface area contributed by atoms with E-state index in [1.165, 1.54) is 6.42 Å². The molecule has 1 nitrogen and oxygen atoms in total. The Kier molecular flexibility index (Phi) is 5.69. The molecule has 0 bridgehead atoms. The largest absolute Gasteiger partial charge is 0.467 e. The van der Waals surface area contributed by atoms with Crippen LogP contribution in [0.1, 0.15) is 34.1 Å². The fraction of sp³-hybridized carbons (Fsp3) is 0.900. The first-order chi connectivity index (χ1) is 5.16. The summed E-state index contributed by atoms with van der Waals surface area (Å²) in [6.07, 6.45) is 1.24. The van der Waals surface area contributed by atoms with Gasteiger partial charge in [0.25, 0.3) is 0 Å². The van der Waals surface area contributed by atoms with Gasteiger partial charge in [0.05, 0.1) is 0 Å². The summed E-state index contributed by atoms with van der Waals surface area (Å²) in [5, 5.41) is 3.47. The van der Waals surface area contributed by atoms with Gasteiger partial charge in [0.15, 0.2) is 0 Å². The minimum atomic E-state index is 0. The zero-order chi connectivity index (χ0) is 8.43. The Hall–Kier alpha value is 0.648. The summed E-state index contributed by atoms with van der Waals surface area (Å²) in [4.78, 5) is 0. The maximum atomic E-state index is 3.47. The van der Waals surface area contributed by atoms with Gasteiger partial charge in [-0.1, -0.05) is 33.6 Å². The molecule has 1 saturated heterocycles. The van der Waals surface area contributed by atoms with E-state index >= 15 is 0 Å². The van der Waals surface area contributed by atoms with E-state index in [4.69, 9.17) is 0 Å². The Morgan fingerprint density at radius 3 is 2.25 bits per heavy atom. The van der Waals surface area contributed by atoms with Crippen molar-refractivity contribution in [3.8, 4) is 0 Å². The van der Waals surface area contributed by atoms with Crippen molar-refractivity contribution in [3.05, 3.63) is 6.54 Å². The maximum absolute atomic E-state index is 3.47. The fourth-order valence-electron chi connectivity index (χ4n) is 1.91. The molecule has 1 rings (SSSR count). The third kappa shape index (κ3) is 2.57. The summed E-state index contributed by atoms with van der Waals surface area (Å²) in [6.45, 7) is 11.5. The Balaban J connectivity index is 0.00000121. The van der Waals surface area contributed by atoms with Gasteiger partial charge >= 0.3 is 0 Å². The van der Waals surface area contributed by atoms with Crippen molar-refractivity contribution >= 4 is 0 Å². The van der Waals surface area contributed by atoms with E-state index in [9.17, 15) is 0 Å². The van der Waals surface area contributed by atoms with Crippen LogP contribution < -0.4 is 5.32 Å². The Bertz CT molecular complexity index is 125. The summed E-state index contributed by atoms with van der Waals surface area (Å²) in [7, 11) is 0. The van der Waals surface area contributed by atoms with Crippen LogP contribution in [-0.4, -0.2) is 6.04 Å². The second kappa shape index (κ2) is 5.39. The molecular weight excluding hydrogens is 318 g/mol. The summed E-state index contributed by atoms with van der Waals surface area (Å²) < 4.78 is 0. The number of piperidine rings is 1. The third-order valence-electron chi connectivity index (χ3n) is 3.31. The molecule has 0 spiro atoms. The number of rotatable bonds is 1. The summed E-state index contributed by atoms with van der Waals surface area (Å²) >= 11 is 0. The molecule has 0 aromatic carbocycles. The van der Waals surface area contributed by atoms with E-state index in [0.717, 1.165) is 17.8 Å². The molecule has 1 aliphatic heterocycles. The van der Waals surface area contributed by atoms with Crippen LogP contribution >= 0.6 is 0 Å². The summed E-state index contributed by atoms with van der Waals surface area (Å²) in [6, 6.07) is 0.709. The van der Waals surface area contributed by atoms with Crippen molar-refractivity contribution in [1.82, 2.24) is 5.32 Å². The van der Waals surface area contributed by atoms with Crippen LogP contribution in [0.25, 0.3) is 0 Å². The summed E-state index contributed by atoms with van der Waals surface area (Å²) in [5.74, 6) is 2.38. The van der Waals surface area contributed by atoms with Crippen LogP contribution in [0.5, 0.6) is 0 Å². The predicted octanol–water partition coefficient (Wildman–Crippen LogP) is 2.44. The second-order valence-corrected chi connectivity index (χ2v) is 3.93. The summed E-state index contributed by atoms with van der Waals surface area (Å²) in [5.41, 5.74) is 0. The number of hydrogen-bond acceptors (Lipinski definition) is 1. The molecule has 1 heterocycles. The van der Waals surface area contributed by atoms with Gasteiger partial charge in [0.1, 0.15) is 0 Å². The molecule has 1 N–H and O–H groups in total. The Labute approximate surface area is 91.0 Å². The van der Waals surface area contributed by atoms with Crippen molar-refractivity contribution in [2.75, 3.05) is 0 Å². The zero-order valence-corrected chi connectivity index (χ0v) is 11.4. The molecule has 72 valence electrons. The molecule has 0 amide bonds. The van der Waals surface area contributed by atoms with Crippen molar-refractivity contribution in [3.63, 3.8) is 0 Å². The minimum absolute atomic E-state index is 0. The molecule has 0 aromatic rings. The predicted molar refractivity (Wildman–Crippen MR) is 49.0 cm³/mol. The van der Waals surface area contributed by atoms with E-state index in [-0.39, 0.29) is 21.1 Å². The van der Waals surface area contributed by atoms with Crippen LogP contribution in [0.2, 0.25) is 0 Å². The monoisotopic (exact) mass is 338 g/mol. The molecule has 0 radical (unpaired) electrons. The van der Waals surface area contributed by atoms with Gasteiger partial charge in [-0.2, -0.15) is 5.92 Å². The van der Waals surface area contributed by atoms with Crippen molar-refractivity contribution in [1.29, 1.82) is 0 Å². The quantitative estimate of drug-likeness (QED) is 0.725. The Morgan fingerprint density at radius 2 is 1.75 bits per heavy atom.